The van der Waals surface area contributed by atoms with Gasteiger partial charge >= 0.3 is 0 Å². The molecule has 1 heterocycles. The molecule has 45 heavy (non-hydrogen) atoms. The zero-order chi connectivity index (χ0) is 30.7. The standard InChI is InChI=1S/C38H42O7/c39-38-37(44-33-23-21-32(22-24-33)43-31-19-11-4-12-20-31)36(42-26-29-15-7-2-8-16-29)35(41-25-28-13-5-1-6-14-28)34(45-38)27-40-30-17-9-3-10-18-30/h1-3,5-10,13-18,21-24,31,34-39H,4,11-12,19-20,25-27H2/t34-,35-,36+,37-,38+/m1/s1. The summed E-state index contributed by atoms with van der Waals surface area (Å²) in [4.78, 5) is 0. The van der Waals surface area contributed by atoms with Crippen molar-refractivity contribution in [2.45, 2.75) is 82.1 Å². The summed E-state index contributed by atoms with van der Waals surface area (Å²) in [7, 11) is 0. The number of para-hydroxylation sites is 1. The van der Waals surface area contributed by atoms with Gasteiger partial charge in [-0.3, -0.25) is 0 Å². The van der Waals surface area contributed by atoms with Crippen LogP contribution in [0.2, 0.25) is 0 Å². The number of benzene rings is 4. The maximum Gasteiger partial charge on any atom is 0.195 e. The van der Waals surface area contributed by atoms with E-state index < -0.39 is 30.7 Å². The molecule has 1 saturated heterocycles. The van der Waals surface area contributed by atoms with Gasteiger partial charge in [-0.2, -0.15) is 0 Å². The summed E-state index contributed by atoms with van der Waals surface area (Å²) in [6.45, 7) is 0.799. The summed E-state index contributed by atoms with van der Waals surface area (Å²) < 4.78 is 38.0. The smallest absolute Gasteiger partial charge is 0.195 e. The normalized spacial score (nSPS) is 23.7. The first-order valence-electron chi connectivity index (χ1n) is 16.0. The van der Waals surface area contributed by atoms with Gasteiger partial charge in [-0.25, -0.2) is 0 Å². The van der Waals surface area contributed by atoms with Crippen LogP contribution in [0.4, 0.5) is 0 Å². The fourth-order valence-corrected chi connectivity index (χ4v) is 5.90. The van der Waals surface area contributed by atoms with E-state index in [1.807, 2.05) is 115 Å². The van der Waals surface area contributed by atoms with Crippen LogP contribution in [-0.2, 0) is 27.4 Å². The van der Waals surface area contributed by atoms with E-state index >= 15 is 0 Å². The van der Waals surface area contributed by atoms with Gasteiger partial charge in [0, 0.05) is 0 Å². The Bertz CT molecular complexity index is 1390. The molecular formula is C38H42O7. The lowest BCUT2D eigenvalue weighted by atomic mass is 9.97. The van der Waals surface area contributed by atoms with E-state index in [0.29, 0.717) is 24.7 Å². The predicted molar refractivity (Wildman–Crippen MR) is 171 cm³/mol. The first-order chi connectivity index (χ1) is 22.2. The molecule has 1 aliphatic heterocycles. The zero-order valence-electron chi connectivity index (χ0n) is 25.5. The molecule has 2 aliphatic rings. The Morgan fingerprint density at radius 2 is 1.09 bits per heavy atom. The van der Waals surface area contributed by atoms with Gasteiger partial charge in [-0.15, -0.1) is 0 Å². The summed E-state index contributed by atoms with van der Waals surface area (Å²) in [5, 5.41) is 11.4. The maximum atomic E-state index is 11.4. The highest BCUT2D eigenvalue weighted by atomic mass is 16.7. The van der Waals surface area contributed by atoms with Crippen molar-refractivity contribution < 1.29 is 33.5 Å². The minimum Gasteiger partial charge on any atom is -0.491 e. The van der Waals surface area contributed by atoms with Gasteiger partial charge < -0.3 is 33.5 Å². The Morgan fingerprint density at radius 3 is 1.69 bits per heavy atom. The van der Waals surface area contributed by atoms with Crippen molar-refractivity contribution in [3.8, 4) is 17.2 Å². The molecule has 0 bridgehead atoms. The average Bonchev–Trinajstić information content (AvgIpc) is 3.09. The molecule has 0 amide bonds. The Hall–Kier alpha value is -3.88. The Labute approximate surface area is 265 Å². The molecule has 0 unspecified atom stereocenters. The second-order valence-electron chi connectivity index (χ2n) is 11.6. The van der Waals surface area contributed by atoms with E-state index in [2.05, 4.69) is 0 Å². The summed E-state index contributed by atoms with van der Waals surface area (Å²) in [6.07, 6.45) is 2.05. The third kappa shape index (κ3) is 8.86. The van der Waals surface area contributed by atoms with Gasteiger partial charge in [-0.05, 0) is 73.2 Å². The molecule has 4 aromatic rings. The minimum absolute atomic E-state index is 0.158. The molecule has 7 nitrogen and oxygen atoms in total. The first kappa shape index (κ1) is 31.1. The maximum absolute atomic E-state index is 11.4. The van der Waals surface area contributed by atoms with Crippen LogP contribution in [0, 0.1) is 0 Å². The number of hydrogen-bond acceptors (Lipinski definition) is 7. The first-order valence-corrected chi connectivity index (χ1v) is 16.0. The molecule has 1 N–H and O–H groups in total. The van der Waals surface area contributed by atoms with Crippen molar-refractivity contribution in [1.29, 1.82) is 0 Å². The van der Waals surface area contributed by atoms with E-state index in [0.717, 1.165) is 29.7 Å². The largest absolute Gasteiger partial charge is 0.491 e. The molecule has 1 saturated carbocycles. The van der Waals surface area contributed by atoms with Crippen LogP contribution in [0.25, 0.3) is 0 Å². The lowest BCUT2D eigenvalue weighted by molar-refractivity contribution is -0.298. The second-order valence-corrected chi connectivity index (χ2v) is 11.6. The highest BCUT2D eigenvalue weighted by Crippen LogP contribution is 2.32. The highest BCUT2D eigenvalue weighted by Gasteiger charge is 2.49. The number of ether oxygens (including phenoxy) is 6. The lowest BCUT2D eigenvalue weighted by Gasteiger charge is -2.44. The van der Waals surface area contributed by atoms with Gasteiger partial charge in [0.15, 0.2) is 12.4 Å². The number of aliphatic hydroxyl groups is 1. The molecule has 236 valence electrons. The van der Waals surface area contributed by atoms with Crippen LogP contribution < -0.4 is 14.2 Å². The molecule has 0 aromatic heterocycles. The van der Waals surface area contributed by atoms with Crippen LogP contribution in [-0.4, -0.2) is 48.5 Å². The van der Waals surface area contributed by atoms with Crippen LogP contribution >= 0.6 is 0 Å². The topological polar surface area (TPSA) is 75.6 Å². The van der Waals surface area contributed by atoms with E-state index in [4.69, 9.17) is 28.4 Å². The quantitative estimate of drug-likeness (QED) is 0.173. The van der Waals surface area contributed by atoms with E-state index in [1.165, 1.54) is 19.3 Å². The van der Waals surface area contributed by atoms with Crippen LogP contribution in [0.15, 0.2) is 115 Å². The molecule has 0 radical (unpaired) electrons. The van der Waals surface area contributed by atoms with Crippen LogP contribution in [0.1, 0.15) is 43.2 Å². The van der Waals surface area contributed by atoms with Crippen molar-refractivity contribution >= 4 is 0 Å². The van der Waals surface area contributed by atoms with Crippen LogP contribution in [0.5, 0.6) is 17.2 Å². The fraction of sp³-hybridized carbons (Fsp3) is 0.368. The summed E-state index contributed by atoms with van der Waals surface area (Å²) >= 11 is 0. The zero-order valence-corrected chi connectivity index (χ0v) is 25.5. The minimum atomic E-state index is -1.29. The summed E-state index contributed by atoms with van der Waals surface area (Å²) in [5.41, 5.74) is 2.01. The highest BCUT2D eigenvalue weighted by molar-refractivity contribution is 5.32. The van der Waals surface area contributed by atoms with Gasteiger partial charge in [0.1, 0.15) is 42.2 Å². The van der Waals surface area contributed by atoms with E-state index in [9.17, 15) is 5.11 Å². The van der Waals surface area contributed by atoms with Crippen molar-refractivity contribution in [2.24, 2.45) is 0 Å². The molecule has 7 heteroatoms. The number of rotatable bonds is 13. The van der Waals surface area contributed by atoms with E-state index in [1.54, 1.807) is 0 Å². The Kier molecular flexibility index (Phi) is 11.0. The monoisotopic (exact) mass is 610 g/mol. The second kappa shape index (κ2) is 15.9. The summed E-state index contributed by atoms with van der Waals surface area (Å²) in [5.74, 6) is 2.09. The summed E-state index contributed by atoms with van der Waals surface area (Å²) in [6, 6.07) is 37.0. The van der Waals surface area contributed by atoms with Gasteiger partial charge in [0.2, 0.25) is 0 Å². The molecule has 5 atom stereocenters. The van der Waals surface area contributed by atoms with Crippen molar-refractivity contribution in [3.05, 3.63) is 126 Å². The Morgan fingerprint density at radius 1 is 0.556 bits per heavy atom. The van der Waals surface area contributed by atoms with Crippen molar-refractivity contribution in [1.82, 2.24) is 0 Å². The molecule has 4 aromatic carbocycles. The Balaban J connectivity index is 1.23. The molecule has 0 spiro atoms. The molecular weight excluding hydrogens is 568 g/mol. The molecule has 1 aliphatic carbocycles. The predicted octanol–water partition coefficient (Wildman–Crippen LogP) is 7.11. The molecule has 6 rings (SSSR count). The fourth-order valence-electron chi connectivity index (χ4n) is 5.90. The average molecular weight is 611 g/mol. The molecule has 2 fully saturated rings. The van der Waals surface area contributed by atoms with Crippen LogP contribution in [0.3, 0.4) is 0 Å². The number of hydrogen-bond donors (Lipinski definition) is 1. The third-order valence-corrected chi connectivity index (χ3v) is 8.29. The van der Waals surface area contributed by atoms with Gasteiger partial charge in [-0.1, -0.05) is 85.3 Å². The lowest BCUT2D eigenvalue weighted by Crippen LogP contribution is -2.62. The van der Waals surface area contributed by atoms with Crippen molar-refractivity contribution in [3.63, 3.8) is 0 Å². The van der Waals surface area contributed by atoms with Gasteiger partial charge in [0.25, 0.3) is 0 Å². The van der Waals surface area contributed by atoms with Gasteiger partial charge in [0.05, 0.1) is 19.3 Å². The SMILES string of the molecule is O[C@H]1O[C@H](COc2ccccc2)[C@@H](OCc2ccccc2)[C@H](OCc2ccccc2)[C@H]1Oc1ccc(OC2CCCCC2)cc1. The number of aliphatic hydroxyl groups excluding tert-OH is 1. The van der Waals surface area contributed by atoms with Crippen molar-refractivity contribution in [2.75, 3.05) is 6.61 Å². The third-order valence-electron chi connectivity index (χ3n) is 8.29. The van der Waals surface area contributed by atoms with E-state index in [-0.39, 0.29) is 12.7 Å².